The summed E-state index contributed by atoms with van der Waals surface area (Å²) in [6.45, 7) is 3.44. The fourth-order valence-electron chi connectivity index (χ4n) is 2.82. The van der Waals surface area contributed by atoms with Crippen molar-refractivity contribution in [2.24, 2.45) is 0 Å². The molecule has 0 saturated carbocycles. The predicted molar refractivity (Wildman–Crippen MR) is 94.4 cm³/mol. The minimum absolute atomic E-state index is 0.362. The SMILES string of the molecule is COc1cccc([C@]2(C)NC(=O)N(NC(=O)c3cccc(C)c3)C2=O)c1. The van der Waals surface area contributed by atoms with Crippen molar-refractivity contribution in [1.29, 1.82) is 0 Å². The molecule has 1 heterocycles. The summed E-state index contributed by atoms with van der Waals surface area (Å²) < 4.78 is 5.17. The third-order valence-electron chi connectivity index (χ3n) is 4.33. The first kappa shape index (κ1) is 17.5. The van der Waals surface area contributed by atoms with Gasteiger partial charge in [-0.25, -0.2) is 4.79 Å². The first-order chi connectivity index (χ1) is 12.3. The molecule has 0 aliphatic carbocycles. The van der Waals surface area contributed by atoms with Gasteiger partial charge in [-0.3, -0.25) is 15.0 Å². The van der Waals surface area contributed by atoms with Crippen LogP contribution in [0.25, 0.3) is 0 Å². The summed E-state index contributed by atoms with van der Waals surface area (Å²) >= 11 is 0. The summed E-state index contributed by atoms with van der Waals surface area (Å²) in [5, 5.41) is 3.35. The van der Waals surface area contributed by atoms with E-state index in [1.54, 1.807) is 49.4 Å². The number of benzene rings is 2. The quantitative estimate of drug-likeness (QED) is 0.824. The number of hydrazine groups is 1. The molecule has 7 nitrogen and oxygen atoms in total. The third-order valence-corrected chi connectivity index (χ3v) is 4.33. The number of rotatable bonds is 4. The van der Waals surface area contributed by atoms with Gasteiger partial charge in [0.2, 0.25) is 0 Å². The van der Waals surface area contributed by atoms with Crippen LogP contribution in [0.4, 0.5) is 4.79 Å². The van der Waals surface area contributed by atoms with E-state index in [-0.39, 0.29) is 0 Å². The van der Waals surface area contributed by atoms with Crippen molar-refractivity contribution in [2.45, 2.75) is 19.4 Å². The number of hydrogen-bond donors (Lipinski definition) is 2. The smallest absolute Gasteiger partial charge is 0.344 e. The lowest BCUT2D eigenvalue weighted by Crippen LogP contribution is -2.47. The van der Waals surface area contributed by atoms with Crippen LogP contribution in [-0.4, -0.2) is 30.0 Å². The van der Waals surface area contributed by atoms with Gasteiger partial charge in [0.1, 0.15) is 11.3 Å². The number of carbonyl (C=O) groups excluding carboxylic acids is 3. The zero-order valence-corrected chi connectivity index (χ0v) is 14.7. The molecule has 1 saturated heterocycles. The molecular weight excluding hydrogens is 334 g/mol. The number of methoxy groups -OCH3 is 1. The van der Waals surface area contributed by atoms with Crippen LogP contribution in [0, 0.1) is 6.92 Å². The number of urea groups is 1. The lowest BCUT2D eigenvalue weighted by atomic mass is 9.92. The molecule has 1 atom stereocenters. The fourth-order valence-corrected chi connectivity index (χ4v) is 2.82. The number of ether oxygens (including phenoxy) is 1. The fraction of sp³-hybridized carbons (Fsp3) is 0.211. The van der Waals surface area contributed by atoms with Crippen LogP contribution >= 0.6 is 0 Å². The van der Waals surface area contributed by atoms with E-state index in [2.05, 4.69) is 10.7 Å². The molecule has 1 aliphatic heterocycles. The van der Waals surface area contributed by atoms with E-state index < -0.39 is 23.4 Å². The van der Waals surface area contributed by atoms with E-state index in [4.69, 9.17) is 4.74 Å². The molecular formula is C19H19N3O4. The number of imide groups is 1. The molecule has 0 bridgehead atoms. The number of nitrogens with zero attached hydrogens (tertiary/aromatic N) is 1. The zero-order chi connectivity index (χ0) is 18.9. The Hall–Kier alpha value is -3.35. The van der Waals surface area contributed by atoms with Gasteiger partial charge in [-0.2, -0.15) is 5.01 Å². The predicted octanol–water partition coefficient (Wildman–Crippen LogP) is 2.12. The molecule has 7 heteroatoms. The summed E-state index contributed by atoms with van der Waals surface area (Å²) in [6, 6.07) is 13.0. The highest BCUT2D eigenvalue weighted by molar-refractivity contribution is 6.09. The first-order valence-electron chi connectivity index (χ1n) is 8.04. The molecule has 2 aromatic carbocycles. The normalized spacial score (nSPS) is 19.3. The van der Waals surface area contributed by atoms with Gasteiger partial charge in [-0.15, -0.1) is 0 Å². The lowest BCUT2D eigenvalue weighted by molar-refractivity contribution is -0.132. The lowest BCUT2D eigenvalue weighted by Gasteiger charge is -2.22. The minimum Gasteiger partial charge on any atom is -0.497 e. The summed E-state index contributed by atoms with van der Waals surface area (Å²) in [4.78, 5) is 37.6. The van der Waals surface area contributed by atoms with Crippen molar-refractivity contribution in [3.05, 3.63) is 65.2 Å². The Labute approximate surface area is 150 Å². The molecule has 4 amide bonds. The minimum atomic E-state index is -1.30. The highest BCUT2D eigenvalue weighted by Gasteiger charge is 2.50. The van der Waals surface area contributed by atoms with Gasteiger partial charge in [0.15, 0.2) is 0 Å². The van der Waals surface area contributed by atoms with Gasteiger partial charge in [0.05, 0.1) is 7.11 Å². The van der Waals surface area contributed by atoms with Crippen molar-refractivity contribution in [3.63, 3.8) is 0 Å². The third kappa shape index (κ3) is 2.99. The van der Waals surface area contributed by atoms with Crippen molar-refractivity contribution >= 4 is 17.8 Å². The van der Waals surface area contributed by atoms with Gasteiger partial charge in [-0.05, 0) is 43.7 Å². The van der Waals surface area contributed by atoms with Crippen LogP contribution < -0.4 is 15.5 Å². The molecule has 0 radical (unpaired) electrons. The van der Waals surface area contributed by atoms with Crippen LogP contribution in [0.15, 0.2) is 48.5 Å². The Bertz CT molecular complexity index is 896. The highest BCUT2D eigenvalue weighted by Crippen LogP contribution is 2.30. The zero-order valence-electron chi connectivity index (χ0n) is 14.7. The average molecular weight is 353 g/mol. The Morgan fingerprint density at radius 3 is 2.58 bits per heavy atom. The molecule has 2 aromatic rings. The Balaban J connectivity index is 1.85. The molecule has 1 aliphatic rings. The summed E-state index contributed by atoms with van der Waals surface area (Å²) in [6.07, 6.45) is 0. The Morgan fingerprint density at radius 1 is 1.15 bits per heavy atom. The number of nitrogens with one attached hydrogen (secondary N) is 2. The Kier molecular flexibility index (Phi) is 4.38. The summed E-state index contributed by atoms with van der Waals surface area (Å²) in [5.41, 5.74) is 2.90. The van der Waals surface area contributed by atoms with Crippen molar-refractivity contribution < 1.29 is 19.1 Å². The van der Waals surface area contributed by atoms with E-state index in [9.17, 15) is 14.4 Å². The molecule has 0 unspecified atom stereocenters. The summed E-state index contributed by atoms with van der Waals surface area (Å²) in [7, 11) is 1.52. The maximum absolute atomic E-state index is 12.9. The van der Waals surface area contributed by atoms with Crippen molar-refractivity contribution in [2.75, 3.05) is 7.11 Å². The summed E-state index contributed by atoms with van der Waals surface area (Å²) in [5.74, 6) is -0.545. The maximum atomic E-state index is 12.9. The molecule has 2 N–H and O–H groups in total. The van der Waals surface area contributed by atoms with Crippen LogP contribution in [0.3, 0.4) is 0 Å². The van der Waals surface area contributed by atoms with Crippen LogP contribution in [0.5, 0.6) is 5.75 Å². The number of carbonyl (C=O) groups is 3. The van der Waals surface area contributed by atoms with E-state index in [1.165, 1.54) is 7.11 Å². The molecule has 0 spiro atoms. The first-order valence-corrected chi connectivity index (χ1v) is 8.04. The largest absolute Gasteiger partial charge is 0.497 e. The number of aryl methyl sites for hydroxylation is 1. The second-order valence-electron chi connectivity index (χ2n) is 6.24. The van der Waals surface area contributed by atoms with Gasteiger partial charge in [0, 0.05) is 5.56 Å². The molecule has 26 heavy (non-hydrogen) atoms. The van der Waals surface area contributed by atoms with Crippen molar-refractivity contribution in [1.82, 2.24) is 15.8 Å². The monoisotopic (exact) mass is 353 g/mol. The Morgan fingerprint density at radius 2 is 1.88 bits per heavy atom. The van der Waals surface area contributed by atoms with Gasteiger partial charge >= 0.3 is 6.03 Å². The molecule has 0 aromatic heterocycles. The topological polar surface area (TPSA) is 87.7 Å². The van der Waals surface area contributed by atoms with E-state index in [1.807, 2.05) is 13.0 Å². The van der Waals surface area contributed by atoms with Gasteiger partial charge < -0.3 is 10.1 Å². The van der Waals surface area contributed by atoms with Crippen LogP contribution in [0.1, 0.15) is 28.4 Å². The average Bonchev–Trinajstić information content (AvgIpc) is 2.86. The number of hydrogen-bond acceptors (Lipinski definition) is 4. The van der Waals surface area contributed by atoms with E-state index in [0.717, 1.165) is 5.56 Å². The standard InChI is InChI=1S/C19H19N3O4/c1-12-6-4-7-13(10-12)16(23)21-22-17(24)19(2,20-18(22)25)14-8-5-9-15(11-14)26-3/h4-11H,1-3H3,(H,20,25)(H,21,23)/t19-/m0/s1. The second kappa shape index (κ2) is 6.51. The van der Waals surface area contributed by atoms with Crippen LogP contribution in [-0.2, 0) is 10.3 Å². The molecule has 134 valence electrons. The van der Waals surface area contributed by atoms with Crippen molar-refractivity contribution in [3.8, 4) is 5.75 Å². The highest BCUT2D eigenvalue weighted by atomic mass is 16.5. The molecule has 3 rings (SSSR count). The van der Waals surface area contributed by atoms with E-state index in [0.29, 0.717) is 21.9 Å². The van der Waals surface area contributed by atoms with Gasteiger partial charge in [0.25, 0.3) is 11.8 Å². The maximum Gasteiger partial charge on any atom is 0.344 e. The molecule has 1 fully saturated rings. The van der Waals surface area contributed by atoms with Gasteiger partial charge in [-0.1, -0.05) is 29.8 Å². The van der Waals surface area contributed by atoms with E-state index >= 15 is 0 Å². The number of amides is 4. The van der Waals surface area contributed by atoms with Crippen LogP contribution in [0.2, 0.25) is 0 Å². The second-order valence-corrected chi connectivity index (χ2v) is 6.24.